The summed E-state index contributed by atoms with van der Waals surface area (Å²) in [7, 11) is 1.78. The van der Waals surface area contributed by atoms with Crippen LogP contribution in [0.1, 0.15) is 34.1 Å². The fraction of sp³-hybridized carbons (Fsp3) is 0.533. The van der Waals surface area contributed by atoms with Crippen molar-refractivity contribution < 1.29 is 4.79 Å². The lowest BCUT2D eigenvalue weighted by atomic mass is 10.2. The van der Waals surface area contributed by atoms with Gasteiger partial charge < -0.3 is 16.4 Å². The molecule has 0 aliphatic heterocycles. The third kappa shape index (κ3) is 10.2. The molecule has 0 aromatic carbocycles. The molecule has 4 heteroatoms. The smallest absolute Gasteiger partial charge is 0.223 e. The summed E-state index contributed by atoms with van der Waals surface area (Å²) in [5.41, 5.74) is 12.1. The first-order chi connectivity index (χ1) is 9.02. The summed E-state index contributed by atoms with van der Waals surface area (Å²) in [5, 5.41) is 0. The molecule has 1 rings (SSSR count). The molecule has 1 amide bonds. The Balaban J connectivity index is 0. The molecule has 0 saturated carbocycles. The zero-order valence-electron chi connectivity index (χ0n) is 12.9. The molecule has 0 aromatic rings. The molecule has 0 heterocycles. The highest BCUT2D eigenvalue weighted by atomic mass is 16.2. The van der Waals surface area contributed by atoms with Crippen molar-refractivity contribution in [2.45, 2.75) is 34.1 Å². The zero-order chi connectivity index (χ0) is 15.3. The fourth-order valence-corrected chi connectivity index (χ4v) is 1.12. The van der Waals surface area contributed by atoms with E-state index < -0.39 is 0 Å². The number of likely N-dealkylation sites (N-methyl/N-ethyl adjacent to an activating group) is 1. The van der Waals surface area contributed by atoms with Gasteiger partial charge in [0.05, 0.1) is 0 Å². The van der Waals surface area contributed by atoms with Crippen molar-refractivity contribution in [1.82, 2.24) is 4.90 Å². The van der Waals surface area contributed by atoms with Gasteiger partial charge in [0.25, 0.3) is 0 Å². The van der Waals surface area contributed by atoms with Gasteiger partial charge in [0.2, 0.25) is 5.91 Å². The molecular weight excluding hydrogens is 238 g/mol. The second kappa shape index (κ2) is 13.1. The van der Waals surface area contributed by atoms with Gasteiger partial charge in [-0.05, 0) is 25.5 Å². The van der Waals surface area contributed by atoms with Crippen LogP contribution in [0.5, 0.6) is 0 Å². The zero-order valence-corrected chi connectivity index (χ0v) is 12.9. The molecule has 4 nitrogen and oxygen atoms in total. The number of allylic oxidation sites excluding steroid dienone is 5. The molecule has 1 aliphatic rings. The standard InChI is InChI=1S/C11H15NO.C2H8N2.C2H6/c1-9-5-4-6-11(8-7-9)12(3)10(2)13;3-1-2-4;1-2/h4,6-8H,5H2,1-3H3;1-4H2;1-2H3. The Morgan fingerprint density at radius 1 is 1.26 bits per heavy atom. The molecule has 0 atom stereocenters. The van der Waals surface area contributed by atoms with Crippen molar-refractivity contribution in [3.8, 4) is 0 Å². The molecule has 0 radical (unpaired) electrons. The Hall–Kier alpha value is -1.39. The van der Waals surface area contributed by atoms with Gasteiger partial charge in [-0.15, -0.1) is 0 Å². The van der Waals surface area contributed by atoms with E-state index in [9.17, 15) is 4.79 Å². The Bertz CT molecular complexity index is 328. The van der Waals surface area contributed by atoms with Crippen LogP contribution in [0.25, 0.3) is 0 Å². The lowest BCUT2D eigenvalue weighted by Gasteiger charge is -2.14. The lowest BCUT2D eigenvalue weighted by molar-refractivity contribution is -0.125. The molecule has 0 spiro atoms. The molecule has 0 unspecified atom stereocenters. The van der Waals surface area contributed by atoms with Crippen LogP contribution < -0.4 is 11.5 Å². The first-order valence-electron chi connectivity index (χ1n) is 6.71. The van der Waals surface area contributed by atoms with Crippen molar-refractivity contribution in [2.24, 2.45) is 11.5 Å². The number of rotatable bonds is 2. The fourth-order valence-electron chi connectivity index (χ4n) is 1.12. The van der Waals surface area contributed by atoms with E-state index in [1.807, 2.05) is 26.0 Å². The predicted octanol–water partition coefficient (Wildman–Crippen LogP) is 2.18. The van der Waals surface area contributed by atoms with Gasteiger partial charge in [-0.25, -0.2) is 0 Å². The van der Waals surface area contributed by atoms with Crippen molar-refractivity contribution in [2.75, 3.05) is 20.1 Å². The molecule has 0 aromatic heterocycles. The monoisotopic (exact) mass is 267 g/mol. The summed E-state index contributed by atoms with van der Waals surface area (Å²) in [6, 6.07) is 0. The number of hydrogen-bond donors (Lipinski definition) is 2. The van der Waals surface area contributed by atoms with Crippen LogP contribution in [0.4, 0.5) is 0 Å². The maximum Gasteiger partial charge on any atom is 0.223 e. The average Bonchev–Trinajstić information content (AvgIpc) is 2.65. The molecule has 0 saturated heterocycles. The van der Waals surface area contributed by atoms with Crippen LogP contribution in [0, 0.1) is 0 Å². The Kier molecular flexibility index (Phi) is 13.7. The average molecular weight is 267 g/mol. The van der Waals surface area contributed by atoms with Crippen LogP contribution >= 0.6 is 0 Å². The summed E-state index contributed by atoms with van der Waals surface area (Å²) in [6.07, 6.45) is 9.04. The minimum Gasteiger partial charge on any atom is -0.329 e. The number of hydrogen-bond acceptors (Lipinski definition) is 3. The third-order valence-electron chi connectivity index (χ3n) is 2.29. The molecule has 0 bridgehead atoms. The van der Waals surface area contributed by atoms with Crippen molar-refractivity contribution in [3.05, 3.63) is 35.6 Å². The van der Waals surface area contributed by atoms with Crippen LogP contribution in [0.15, 0.2) is 35.6 Å². The second-order valence-corrected chi connectivity index (χ2v) is 3.87. The predicted molar refractivity (Wildman–Crippen MR) is 83.5 cm³/mol. The highest BCUT2D eigenvalue weighted by Crippen LogP contribution is 2.12. The van der Waals surface area contributed by atoms with Crippen LogP contribution in [0.3, 0.4) is 0 Å². The Labute approximate surface area is 117 Å². The molecule has 1 aliphatic carbocycles. The van der Waals surface area contributed by atoms with E-state index in [2.05, 4.69) is 19.1 Å². The van der Waals surface area contributed by atoms with Gasteiger partial charge in [-0.3, -0.25) is 4.79 Å². The number of nitrogens with two attached hydrogens (primary N) is 2. The normalized spacial score (nSPS) is 12.8. The summed E-state index contributed by atoms with van der Waals surface area (Å²) < 4.78 is 0. The van der Waals surface area contributed by atoms with E-state index in [1.165, 1.54) is 5.57 Å². The van der Waals surface area contributed by atoms with E-state index in [-0.39, 0.29) is 5.91 Å². The minimum absolute atomic E-state index is 0.0591. The number of nitrogens with zero attached hydrogens (tertiary/aromatic N) is 1. The van der Waals surface area contributed by atoms with Gasteiger partial charge in [0.15, 0.2) is 0 Å². The number of carbonyl (C=O) groups excluding carboxylic acids is 1. The summed E-state index contributed by atoms with van der Waals surface area (Å²) in [6.45, 7) is 8.84. The van der Waals surface area contributed by atoms with Crippen molar-refractivity contribution >= 4 is 5.91 Å². The SMILES string of the molecule is CC.CC(=O)N(C)C1=CC=C(C)CC=C1.NCCN. The van der Waals surface area contributed by atoms with Crippen LogP contribution in [0.2, 0.25) is 0 Å². The summed E-state index contributed by atoms with van der Waals surface area (Å²) in [5.74, 6) is 0.0591. The van der Waals surface area contributed by atoms with E-state index in [4.69, 9.17) is 11.5 Å². The summed E-state index contributed by atoms with van der Waals surface area (Å²) >= 11 is 0. The highest BCUT2D eigenvalue weighted by molar-refractivity contribution is 5.75. The van der Waals surface area contributed by atoms with E-state index in [0.717, 1.165) is 12.1 Å². The first-order valence-corrected chi connectivity index (χ1v) is 6.71. The largest absolute Gasteiger partial charge is 0.329 e. The van der Waals surface area contributed by atoms with E-state index in [0.29, 0.717) is 13.1 Å². The highest BCUT2D eigenvalue weighted by Gasteiger charge is 2.05. The van der Waals surface area contributed by atoms with Crippen LogP contribution in [-0.2, 0) is 4.79 Å². The number of carbonyl (C=O) groups is 1. The van der Waals surface area contributed by atoms with Gasteiger partial charge in [-0.1, -0.05) is 31.6 Å². The Morgan fingerprint density at radius 3 is 2.21 bits per heavy atom. The van der Waals surface area contributed by atoms with Crippen LogP contribution in [-0.4, -0.2) is 30.9 Å². The molecule has 4 N–H and O–H groups in total. The number of amides is 1. The van der Waals surface area contributed by atoms with Gasteiger partial charge >= 0.3 is 0 Å². The molecular formula is C15H29N3O. The summed E-state index contributed by atoms with van der Waals surface area (Å²) in [4.78, 5) is 12.7. The maximum atomic E-state index is 11.1. The maximum absolute atomic E-state index is 11.1. The van der Waals surface area contributed by atoms with E-state index >= 15 is 0 Å². The molecule has 110 valence electrons. The first kappa shape index (κ1) is 19.9. The second-order valence-electron chi connectivity index (χ2n) is 3.87. The van der Waals surface area contributed by atoms with Gasteiger partial charge in [-0.2, -0.15) is 0 Å². The lowest BCUT2D eigenvalue weighted by Crippen LogP contribution is -2.21. The topological polar surface area (TPSA) is 72.3 Å². The van der Waals surface area contributed by atoms with Crippen molar-refractivity contribution in [3.63, 3.8) is 0 Å². The Morgan fingerprint density at radius 2 is 1.79 bits per heavy atom. The van der Waals surface area contributed by atoms with Crippen molar-refractivity contribution in [1.29, 1.82) is 0 Å². The quantitative estimate of drug-likeness (QED) is 0.805. The van der Waals surface area contributed by atoms with Gasteiger partial charge in [0.1, 0.15) is 0 Å². The van der Waals surface area contributed by atoms with E-state index in [1.54, 1.807) is 18.9 Å². The molecule has 0 fully saturated rings. The third-order valence-corrected chi connectivity index (χ3v) is 2.29. The molecule has 19 heavy (non-hydrogen) atoms. The minimum atomic E-state index is 0.0591. The van der Waals surface area contributed by atoms with Gasteiger partial charge in [0, 0.05) is 32.8 Å².